The SMILES string of the molecule is CC(C)[Si]1(C(C)C)OC[C@H]2S[C@@H](n3ccc4c(Cl)nc(N)nc43)[C@@](C)(O)[C@@H]2O[Si](C(C)C)(C(C)C)O1.CC(C)[Si]1(C(C)C)OC[C@H]2S[C@@H](n3ccc4c(Cl)nc(N)nc43)[C@](C)(O)[C@@H]2O[Si](C(C)C)(C(C)C)O1.CC(C)[Si]1(C(C)C)OC[C@H]2S[C@@H](n3ccc4c(Cl)nc(N)nc43)[C@](C)(O)[C@@H]2O[Si](C(C)C)(C(C)C)O1.C[C@@]1(O)[C@H](O)[C@@H](CO)S[C@H]1n1ccc2c(=O)[nH]c(N)nc21.C[C@@]1(O)[C@H](O)[C@@H](CO)S[C@H]1n1ccc2c(Cl)nc(N)nc21. The number of hydrogen-bond acceptors (Lipinski definition) is 38. The molecule has 8 aliphatic heterocycles. The third-order valence-corrected chi connectivity index (χ3v) is 71.4. The second kappa shape index (κ2) is 45.2. The van der Waals surface area contributed by atoms with Crippen LogP contribution in [0.2, 0.25) is 87.1 Å². The third kappa shape index (κ3) is 21.5. The van der Waals surface area contributed by atoms with Gasteiger partial charge in [-0.15, -0.1) is 58.8 Å². The Kier molecular flexibility index (Phi) is 36.4. The molecule has 10 aromatic rings. The van der Waals surface area contributed by atoms with Crippen molar-refractivity contribution < 1.29 is 84.9 Å². The summed E-state index contributed by atoms with van der Waals surface area (Å²) >= 11 is 32.6. The smallest absolute Gasteiger partial charge is 0.335 e. The molecule has 0 spiro atoms. The molecule has 0 unspecified atom stereocenters. The molecule has 20 N–H and O–H groups in total. The van der Waals surface area contributed by atoms with Gasteiger partial charge in [0.05, 0.1) is 117 Å². The Morgan fingerprint density at radius 2 is 0.547 bits per heavy atom. The van der Waals surface area contributed by atoms with Gasteiger partial charge < -0.3 is 136 Å². The number of anilines is 5. The molecular weight excluding hydrogens is 2210 g/mol. The van der Waals surface area contributed by atoms with Crippen LogP contribution in [0, 0.1) is 0 Å². The molecular formula is C96H154Cl4N20O19S5Si6. The van der Waals surface area contributed by atoms with E-state index < -0.39 is 131 Å². The van der Waals surface area contributed by atoms with Gasteiger partial charge in [0.2, 0.25) is 29.7 Å². The van der Waals surface area contributed by atoms with Gasteiger partial charge >= 0.3 is 51.4 Å². The lowest BCUT2D eigenvalue weighted by Gasteiger charge is -2.52. The number of nitrogens with two attached hydrogens (primary N) is 5. The van der Waals surface area contributed by atoms with Crippen LogP contribution < -0.4 is 34.2 Å². The summed E-state index contributed by atoms with van der Waals surface area (Å²) in [5.74, 6) is 0.322. The summed E-state index contributed by atoms with van der Waals surface area (Å²) in [5.41, 5.74) is 27.3. The van der Waals surface area contributed by atoms with Gasteiger partial charge in [-0.05, 0) is 131 Å². The van der Waals surface area contributed by atoms with Crippen LogP contribution in [0.25, 0.3) is 55.2 Å². The molecule has 54 heteroatoms. The molecule has 0 saturated carbocycles. The molecule has 0 bridgehead atoms. The van der Waals surface area contributed by atoms with E-state index in [2.05, 4.69) is 216 Å². The van der Waals surface area contributed by atoms with Crippen molar-refractivity contribution in [2.24, 2.45) is 0 Å². The minimum absolute atomic E-state index is 0.0191. The molecule has 39 nitrogen and oxygen atoms in total. The van der Waals surface area contributed by atoms with E-state index in [-0.39, 0.29) is 152 Å². The highest BCUT2D eigenvalue weighted by Crippen LogP contribution is 2.62. The number of fused-ring (bicyclic) bond motifs is 8. The zero-order chi connectivity index (χ0) is 111. The molecule has 0 amide bonds. The number of thioether (sulfide) groups is 5. The van der Waals surface area contributed by atoms with Crippen molar-refractivity contribution in [3.8, 4) is 0 Å². The molecule has 18 heterocycles. The number of aromatic amines is 1. The summed E-state index contributed by atoms with van der Waals surface area (Å²) < 4.78 is 73.3. The maximum atomic E-state index is 12.1. The minimum atomic E-state index is -2.85. The van der Waals surface area contributed by atoms with Crippen molar-refractivity contribution >= 4 is 241 Å². The van der Waals surface area contributed by atoms with Crippen molar-refractivity contribution in [3.05, 3.63) is 92.3 Å². The van der Waals surface area contributed by atoms with E-state index >= 15 is 0 Å². The summed E-state index contributed by atoms with van der Waals surface area (Å²) in [6.45, 7) is 62.4. The van der Waals surface area contributed by atoms with Gasteiger partial charge in [-0.3, -0.25) is 9.78 Å². The fourth-order valence-electron chi connectivity index (χ4n) is 22.9. The van der Waals surface area contributed by atoms with E-state index in [1.165, 1.54) is 37.4 Å². The first-order valence-corrected chi connectivity index (χ1v) is 69.4. The van der Waals surface area contributed by atoms with E-state index in [1.54, 1.807) is 68.9 Å². The van der Waals surface area contributed by atoms with Crippen molar-refractivity contribution in [1.29, 1.82) is 0 Å². The molecule has 0 aromatic carbocycles. The summed E-state index contributed by atoms with van der Waals surface area (Å²) in [6.07, 6.45) is 5.46. The number of rotatable bonds is 19. The van der Waals surface area contributed by atoms with Gasteiger partial charge in [0.25, 0.3) is 5.56 Å². The number of aliphatic hydroxyl groups is 9. The molecule has 8 aliphatic rings. The highest BCUT2D eigenvalue weighted by atomic mass is 35.5. The molecule has 18 rings (SSSR count). The Bertz CT molecular complexity index is 6070. The summed E-state index contributed by atoms with van der Waals surface area (Å²) in [7, 11) is -16.5. The first-order valence-electron chi connectivity index (χ1n) is 51.3. The van der Waals surface area contributed by atoms with Crippen LogP contribution in [-0.2, 0) is 38.9 Å². The Balaban J connectivity index is 0.000000150. The molecule has 834 valence electrons. The van der Waals surface area contributed by atoms with Gasteiger partial charge in [-0.25, -0.2) is 19.9 Å². The quantitative estimate of drug-likeness (QED) is 0.0264. The Morgan fingerprint density at radius 1 is 0.340 bits per heavy atom. The van der Waals surface area contributed by atoms with Gasteiger partial charge in [-0.1, -0.05) is 213 Å². The number of H-pyrrole nitrogens is 1. The molecule has 8 fully saturated rings. The maximum absolute atomic E-state index is 12.1. The van der Waals surface area contributed by atoms with Gasteiger partial charge in [0.1, 0.15) is 98.1 Å². The fourth-order valence-corrected chi connectivity index (χ4v) is 66.5. The van der Waals surface area contributed by atoms with Crippen LogP contribution in [0.5, 0.6) is 0 Å². The van der Waals surface area contributed by atoms with Crippen LogP contribution >= 0.6 is 105 Å². The Morgan fingerprint density at radius 3 is 0.753 bits per heavy atom. The van der Waals surface area contributed by atoms with E-state index in [0.717, 1.165) is 0 Å². The van der Waals surface area contributed by atoms with Gasteiger partial charge in [0.15, 0.2) is 5.65 Å². The second-order valence-corrected chi connectivity index (χ2v) is 79.9. The largest absolute Gasteiger partial charge is 0.414 e. The summed E-state index contributed by atoms with van der Waals surface area (Å²) in [5, 5.41) is 97.1. The monoisotopic (exact) mass is 2360 g/mol. The van der Waals surface area contributed by atoms with Crippen molar-refractivity contribution in [2.75, 3.05) is 61.7 Å². The molecule has 0 radical (unpaired) electrons. The zero-order valence-electron chi connectivity index (χ0n) is 90.7. The fraction of sp³-hybridized carbons (Fsp3) is 0.688. The molecule has 8 saturated heterocycles. The van der Waals surface area contributed by atoms with Crippen molar-refractivity contribution in [2.45, 2.75) is 379 Å². The summed E-state index contributed by atoms with van der Waals surface area (Å²) in [6, 6.07) is 8.91. The molecule has 10 aromatic heterocycles. The second-order valence-electron chi connectivity index (χ2n) is 45.3. The molecule has 150 heavy (non-hydrogen) atoms. The summed E-state index contributed by atoms with van der Waals surface area (Å²) in [4.78, 5) is 52.0. The standard InChI is InChI=1S/3C24H41ClN4O4SSi2.C12H15ClN4O3S.C12H16N4O4S/c3*1-13(2)35(14(3)4)31-12-18-19(32-36(33-35,15(5)6)16(7)8)24(9,30)22(34-18)29-11-10-17-20(25)27-23(26)28-21(17)29;1-12(20)7(19)6(4-18)21-10(12)17-3-2-5-8(13)15-11(14)16-9(5)17;1-12(20)7(18)6(4-17)21-10(12)16-3-2-5-8(16)14-11(13)15-9(5)19/h3*10-11,13-16,18-19,22,30H,12H2,1-9H3,(H2,26,27,28);2-3,6-7,10,18-20H,4H2,1H3,(H2,14,15,16);2-3,6-7,10,17-18,20H,4H2,1H3,(H3,13,14,15,19)/t18-,19-,22-,24+;2*18-,19-,22-,24-;2*6-,7-,10-,12-/m11111/s1. The topological polar surface area (TPSA) is 569 Å². The minimum Gasteiger partial charge on any atom is -0.414 e. The number of hydrogen-bond donors (Lipinski definition) is 15. The lowest BCUT2D eigenvalue weighted by atomic mass is 9.96. The predicted octanol–water partition coefficient (Wildman–Crippen LogP) is 17.4. The Hall–Kier alpha value is -4.61. The van der Waals surface area contributed by atoms with Crippen LogP contribution in [-0.4, -0.2) is 288 Å². The number of aliphatic hydroxyl groups excluding tert-OH is 4. The van der Waals surface area contributed by atoms with Crippen LogP contribution in [0.1, 0.15) is 228 Å². The van der Waals surface area contributed by atoms with Crippen molar-refractivity contribution in [3.63, 3.8) is 0 Å². The van der Waals surface area contributed by atoms with Gasteiger partial charge in [0, 0.05) is 31.0 Å². The van der Waals surface area contributed by atoms with E-state index in [0.29, 0.717) is 90.4 Å². The van der Waals surface area contributed by atoms with Crippen LogP contribution in [0.3, 0.4) is 0 Å². The maximum Gasteiger partial charge on any atom is 0.335 e. The normalized spacial score (nSPS) is 31.1. The van der Waals surface area contributed by atoms with E-state index in [1.807, 2.05) is 71.3 Å². The first-order chi connectivity index (χ1) is 69.7. The highest BCUT2D eigenvalue weighted by Gasteiger charge is 2.69. The number of nitrogens with zero attached hydrogens (tertiary/aromatic N) is 14. The number of aromatic nitrogens is 15. The number of halogens is 4. The number of nitrogens with one attached hydrogen (secondary N) is 1. The van der Waals surface area contributed by atoms with E-state index in [9.17, 15) is 50.8 Å². The third-order valence-electron chi connectivity index (χ3n) is 31.0. The number of nitrogen functional groups attached to an aromatic ring is 5. The average molecular weight is 2360 g/mol. The van der Waals surface area contributed by atoms with Crippen molar-refractivity contribution in [1.82, 2.24) is 72.7 Å². The molecule has 0 aliphatic carbocycles. The van der Waals surface area contributed by atoms with Crippen LogP contribution in [0.15, 0.2) is 66.1 Å². The molecule has 20 atom stereocenters. The lowest BCUT2D eigenvalue weighted by Crippen LogP contribution is -2.66. The van der Waals surface area contributed by atoms with Crippen LogP contribution in [0.4, 0.5) is 29.7 Å². The zero-order valence-corrected chi connectivity index (χ0v) is 104. The first kappa shape index (κ1) is 121. The Labute approximate surface area is 924 Å². The average Bonchev–Trinajstić information content (AvgIpc) is 1.55. The van der Waals surface area contributed by atoms with E-state index in [4.69, 9.17) is 114 Å². The highest BCUT2D eigenvalue weighted by molar-refractivity contribution is 8.01. The lowest BCUT2D eigenvalue weighted by molar-refractivity contribution is -0.0747. The van der Waals surface area contributed by atoms with Gasteiger partial charge in [-0.2, -0.15) is 24.9 Å². The predicted molar refractivity (Wildman–Crippen MR) is 615 cm³/mol.